The number of benzene rings is 2. The standard InChI is InChI=1S/C32H39ClN2O5S/c1-21-6-3-4-15-41(37,38)34-31(36)23-9-13-29-28(17-23)35(18-24-8-11-26(24)30(21)39-2)19-32(20-40-29)14-5-7-22-16-25(33)10-12-27(22)32/h6,9-10,12-13,16-17,24,26,30H,3-5,7-8,11,14-15,18-20H2,1-2H3,(H,34,36)/b21-6+/t24-,26+,30-,32-/m0/s1. The van der Waals surface area contributed by atoms with E-state index in [9.17, 15) is 13.2 Å². The largest absolute Gasteiger partial charge is 0.490 e. The van der Waals surface area contributed by atoms with Crippen molar-refractivity contribution in [1.82, 2.24) is 4.72 Å². The minimum atomic E-state index is -3.77. The van der Waals surface area contributed by atoms with Crippen molar-refractivity contribution >= 4 is 33.2 Å². The summed E-state index contributed by atoms with van der Waals surface area (Å²) in [6, 6.07) is 11.5. The molecule has 2 aliphatic carbocycles. The molecule has 4 atom stereocenters. The van der Waals surface area contributed by atoms with Crippen LogP contribution >= 0.6 is 11.6 Å². The van der Waals surface area contributed by atoms with Crippen LogP contribution in [0.15, 0.2) is 48.0 Å². The molecule has 2 aliphatic heterocycles. The van der Waals surface area contributed by atoms with E-state index in [1.54, 1.807) is 13.2 Å². The minimum Gasteiger partial charge on any atom is -0.490 e. The first kappa shape index (κ1) is 28.6. The molecule has 4 aliphatic rings. The van der Waals surface area contributed by atoms with Crippen molar-refractivity contribution in [1.29, 1.82) is 0 Å². The maximum atomic E-state index is 13.2. The molecular formula is C32H39ClN2O5S. The van der Waals surface area contributed by atoms with E-state index in [4.69, 9.17) is 21.1 Å². The highest BCUT2D eigenvalue weighted by atomic mass is 35.5. The molecule has 1 fully saturated rings. The Bertz CT molecular complexity index is 1470. The molecule has 2 aromatic carbocycles. The first-order valence-electron chi connectivity index (χ1n) is 14.7. The van der Waals surface area contributed by atoms with Crippen LogP contribution in [0, 0.1) is 11.8 Å². The summed E-state index contributed by atoms with van der Waals surface area (Å²) < 4.78 is 40.4. The van der Waals surface area contributed by atoms with Crippen molar-refractivity contribution < 1.29 is 22.7 Å². The Hall–Kier alpha value is -2.55. The zero-order valence-corrected chi connectivity index (χ0v) is 25.4. The summed E-state index contributed by atoms with van der Waals surface area (Å²) in [5.74, 6) is 0.798. The Balaban J connectivity index is 1.43. The third kappa shape index (κ3) is 5.63. The number of hydrogen-bond acceptors (Lipinski definition) is 6. The summed E-state index contributed by atoms with van der Waals surface area (Å²) >= 11 is 6.40. The Labute approximate surface area is 248 Å². The van der Waals surface area contributed by atoms with E-state index in [0.717, 1.165) is 67.2 Å². The highest BCUT2D eigenvalue weighted by Crippen LogP contribution is 2.47. The molecule has 2 heterocycles. The summed E-state index contributed by atoms with van der Waals surface area (Å²) in [5, 5.41) is 0.751. The fraction of sp³-hybridized carbons (Fsp3) is 0.531. The summed E-state index contributed by atoms with van der Waals surface area (Å²) in [6.45, 7) is 4.17. The van der Waals surface area contributed by atoms with Gasteiger partial charge in [0.1, 0.15) is 5.75 Å². The molecule has 220 valence electrons. The van der Waals surface area contributed by atoms with Crippen LogP contribution in [0.5, 0.6) is 5.75 Å². The topological polar surface area (TPSA) is 84.9 Å². The van der Waals surface area contributed by atoms with E-state index in [2.05, 4.69) is 34.8 Å². The molecule has 1 saturated carbocycles. The van der Waals surface area contributed by atoms with Gasteiger partial charge in [0.05, 0.1) is 24.2 Å². The predicted molar refractivity (Wildman–Crippen MR) is 161 cm³/mol. The normalized spacial score (nSPS) is 30.9. The van der Waals surface area contributed by atoms with Crippen LogP contribution in [0.2, 0.25) is 5.02 Å². The third-order valence-corrected chi connectivity index (χ3v) is 11.2. The molecule has 0 unspecified atom stereocenters. The van der Waals surface area contributed by atoms with E-state index in [0.29, 0.717) is 36.8 Å². The number of halogens is 1. The third-order valence-electron chi connectivity index (χ3n) is 9.65. The van der Waals surface area contributed by atoms with Crippen molar-refractivity contribution in [3.05, 3.63) is 69.8 Å². The van der Waals surface area contributed by atoms with Gasteiger partial charge in [-0.25, -0.2) is 13.1 Å². The van der Waals surface area contributed by atoms with Gasteiger partial charge in [0.15, 0.2) is 0 Å². The van der Waals surface area contributed by atoms with Crippen LogP contribution in [-0.2, 0) is 26.6 Å². The zero-order chi connectivity index (χ0) is 28.8. The monoisotopic (exact) mass is 598 g/mol. The van der Waals surface area contributed by atoms with Crippen LogP contribution in [0.4, 0.5) is 5.69 Å². The second kappa shape index (κ2) is 11.3. The van der Waals surface area contributed by atoms with Gasteiger partial charge < -0.3 is 14.4 Å². The number of methoxy groups -OCH3 is 1. The molecule has 7 nitrogen and oxygen atoms in total. The molecule has 6 rings (SSSR count). The maximum Gasteiger partial charge on any atom is 0.264 e. The van der Waals surface area contributed by atoms with Gasteiger partial charge >= 0.3 is 0 Å². The number of carbonyl (C=O) groups excluding carboxylic acids is 1. The zero-order valence-electron chi connectivity index (χ0n) is 23.8. The molecule has 41 heavy (non-hydrogen) atoms. The van der Waals surface area contributed by atoms with Crippen LogP contribution < -0.4 is 14.4 Å². The van der Waals surface area contributed by atoms with E-state index in [1.165, 1.54) is 11.1 Å². The minimum absolute atomic E-state index is 0.00138. The highest BCUT2D eigenvalue weighted by Gasteiger charge is 2.44. The maximum absolute atomic E-state index is 13.2. The quantitative estimate of drug-likeness (QED) is 0.427. The summed E-state index contributed by atoms with van der Waals surface area (Å²) in [7, 11) is -2.00. The van der Waals surface area contributed by atoms with Gasteiger partial charge in [-0.2, -0.15) is 0 Å². The Morgan fingerprint density at radius 3 is 2.78 bits per heavy atom. The number of fused-ring (bicyclic) bond motifs is 4. The van der Waals surface area contributed by atoms with Crippen molar-refractivity contribution in [2.24, 2.45) is 11.8 Å². The molecule has 2 bridgehead atoms. The fourth-order valence-electron chi connectivity index (χ4n) is 7.43. The van der Waals surface area contributed by atoms with Gasteiger partial charge in [0.2, 0.25) is 10.0 Å². The van der Waals surface area contributed by atoms with E-state index < -0.39 is 15.9 Å². The van der Waals surface area contributed by atoms with Gasteiger partial charge in [-0.1, -0.05) is 23.7 Å². The molecule has 2 aromatic rings. The van der Waals surface area contributed by atoms with E-state index >= 15 is 0 Å². The second-order valence-corrected chi connectivity index (χ2v) is 14.6. The highest BCUT2D eigenvalue weighted by molar-refractivity contribution is 7.90. The van der Waals surface area contributed by atoms with Crippen LogP contribution in [0.3, 0.4) is 0 Å². The molecule has 1 amide bonds. The molecule has 0 saturated heterocycles. The molecular weight excluding hydrogens is 560 g/mol. The molecule has 9 heteroatoms. The first-order valence-corrected chi connectivity index (χ1v) is 16.8. The molecule has 1 spiro atoms. The van der Waals surface area contributed by atoms with Gasteiger partial charge in [-0.15, -0.1) is 0 Å². The summed E-state index contributed by atoms with van der Waals surface area (Å²) in [4.78, 5) is 15.6. The second-order valence-electron chi connectivity index (χ2n) is 12.3. The van der Waals surface area contributed by atoms with Gasteiger partial charge in [0.25, 0.3) is 5.91 Å². The van der Waals surface area contributed by atoms with Gasteiger partial charge in [-0.05, 0) is 111 Å². The lowest BCUT2D eigenvalue weighted by Crippen LogP contribution is -2.50. The predicted octanol–water partition coefficient (Wildman–Crippen LogP) is 5.65. The number of aryl methyl sites for hydroxylation is 1. The lowest BCUT2D eigenvalue weighted by molar-refractivity contribution is 0.00619. The Kier molecular flexibility index (Phi) is 7.85. The van der Waals surface area contributed by atoms with E-state index in [-0.39, 0.29) is 17.3 Å². The fourth-order valence-corrected chi connectivity index (χ4v) is 8.67. The van der Waals surface area contributed by atoms with Crippen LogP contribution in [0.1, 0.15) is 66.9 Å². The number of rotatable bonds is 1. The SMILES string of the molecule is CO[C@H]1/C(C)=C/CCCS(=O)(=O)NC(=O)c2ccc3c(c2)N(C[C@@H]2CC[C@H]21)C[C@@]1(CCCc2cc(Cl)ccc21)CO3. The van der Waals surface area contributed by atoms with E-state index in [1.807, 2.05) is 18.2 Å². The average Bonchev–Trinajstić information content (AvgIpc) is 3.08. The van der Waals surface area contributed by atoms with Crippen LogP contribution in [-0.4, -0.2) is 53.0 Å². The number of carbonyl (C=O) groups is 1. The van der Waals surface area contributed by atoms with Gasteiger partial charge in [0, 0.05) is 36.2 Å². The number of sulfonamides is 1. The number of allylic oxidation sites excluding steroid dienone is 1. The summed E-state index contributed by atoms with van der Waals surface area (Å²) in [6.07, 6.45) is 8.40. The Morgan fingerprint density at radius 1 is 1.15 bits per heavy atom. The number of nitrogens with one attached hydrogen (secondary N) is 1. The van der Waals surface area contributed by atoms with Crippen molar-refractivity contribution in [3.8, 4) is 5.75 Å². The van der Waals surface area contributed by atoms with Crippen molar-refractivity contribution in [3.63, 3.8) is 0 Å². The first-order chi connectivity index (χ1) is 19.7. The number of anilines is 1. The molecule has 0 radical (unpaired) electrons. The number of hydrogen-bond donors (Lipinski definition) is 1. The summed E-state index contributed by atoms with van der Waals surface area (Å²) in [5.41, 5.74) is 4.64. The molecule has 0 aromatic heterocycles. The number of ether oxygens (including phenoxy) is 2. The van der Waals surface area contributed by atoms with Gasteiger partial charge in [-0.3, -0.25) is 4.79 Å². The lowest BCUT2D eigenvalue weighted by atomic mass is 9.67. The Morgan fingerprint density at radius 2 is 2.00 bits per heavy atom. The van der Waals surface area contributed by atoms with Crippen molar-refractivity contribution in [2.75, 3.05) is 37.5 Å². The van der Waals surface area contributed by atoms with Crippen molar-refractivity contribution in [2.45, 2.75) is 63.4 Å². The number of nitrogens with zero attached hydrogens (tertiary/aromatic N) is 1. The van der Waals surface area contributed by atoms with Crippen LogP contribution in [0.25, 0.3) is 0 Å². The lowest BCUT2D eigenvalue weighted by Gasteiger charge is -2.46. The smallest absolute Gasteiger partial charge is 0.264 e. The molecule has 1 N–H and O–H groups in total. The number of amides is 1. The average molecular weight is 599 g/mol.